The van der Waals surface area contributed by atoms with E-state index in [1.807, 2.05) is 6.07 Å². The molecule has 1 rings (SSSR count). The number of aliphatic hydroxyl groups excluding tert-OH is 1. The van der Waals surface area contributed by atoms with E-state index in [9.17, 15) is 8.42 Å². The zero-order valence-corrected chi connectivity index (χ0v) is 8.44. The fourth-order valence-electron chi connectivity index (χ4n) is 1.04. The molecule has 0 aliphatic carbocycles. The number of hydrogen-bond acceptors (Lipinski definition) is 3. The lowest BCUT2D eigenvalue weighted by Crippen LogP contribution is -1.99. The first kappa shape index (κ1) is 10.9. The van der Waals surface area contributed by atoms with Gasteiger partial charge in [-0.3, -0.25) is 0 Å². The van der Waals surface area contributed by atoms with Gasteiger partial charge < -0.3 is 5.11 Å². The maximum atomic E-state index is 11.4. The summed E-state index contributed by atoms with van der Waals surface area (Å²) in [7, 11) is -3.24. The number of rotatable bonds is 4. The molecule has 0 saturated carbocycles. The second-order valence-electron chi connectivity index (χ2n) is 2.85. The first-order valence-corrected chi connectivity index (χ1v) is 5.90. The van der Waals surface area contributed by atoms with Crippen molar-refractivity contribution in [2.24, 2.45) is 0 Å². The molecular weight excluding hydrogens is 200 g/mol. The van der Waals surface area contributed by atoms with Crippen LogP contribution in [0.4, 0.5) is 0 Å². The highest BCUT2D eigenvalue weighted by Crippen LogP contribution is 2.06. The van der Waals surface area contributed by atoms with E-state index >= 15 is 0 Å². The van der Waals surface area contributed by atoms with Crippen LogP contribution in [-0.4, -0.2) is 20.1 Å². The van der Waals surface area contributed by atoms with Gasteiger partial charge in [-0.05, 0) is 11.6 Å². The third-order valence-corrected chi connectivity index (χ3v) is 2.96. The molecule has 4 heteroatoms. The predicted octanol–water partition coefficient (Wildman–Crippen LogP) is 1.11. The molecular formula is C10H12O3S. The summed E-state index contributed by atoms with van der Waals surface area (Å²) in [6, 6.07) is 8.93. The van der Waals surface area contributed by atoms with E-state index in [0.717, 1.165) is 11.0 Å². The zero-order chi connectivity index (χ0) is 10.4. The van der Waals surface area contributed by atoms with Gasteiger partial charge in [0.1, 0.15) is 0 Å². The van der Waals surface area contributed by atoms with Crippen molar-refractivity contribution in [3.05, 3.63) is 47.4 Å². The van der Waals surface area contributed by atoms with Crippen LogP contribution in [0.3, 0.4) is 0 Å². The van der Waals surface area contributed by atoms with Gasteiger partial charge in [-0.15, -0.1) is 0 Å². The minimum Gasteiger partial charge on any atom is -0.392 e. The summed E-state index contributed by atoms with van der Waals surface area (Å²) < 4.78 is 22.7. The molecule has 0 heterocycles. The maximum absolute atomic E-state index is 11.4. The average Bonchev–Trinajstić information content (AvgIpc) is 2.16. The third kappa shape index (κ3) is 3.72. The molecule has 3 nitrogen and oxygen atoms in total. The molecule has 0 unspecified atom stereocenters. The van der Waals surface area contributed by atoms with E-state index in [4.69, 9.17) is 5.11 Å². The molecule has 1 aromatic carbocycles. The van der Waals surface area contributed by atoms with Crippen LogP contribution in [0, 0.1) is 0 Å². The van der Waals surface area contributed by atoms with E-state index < -0.39 is 9.84 Å². The second-order valence-corrected chi connectivity index (χ2v) is 4.73. The maximum Gasteiger partial charge on any atom is 0.175 e. The smallest absolute Gasteiger partial charge is 0.175 e. The van der Waals surface area contributed by atoms with E-state index in [1.165, 1.54) is 6.08 Å². The third-order valence-electron chi connectivity index (χ3n) is 1.62. The minimum absolute atomic E-state index is 0.0235. The van der Waals surface area contributed by atoms with Crippen LogP contribution in [0.15, 0.2) is 41.8 Å². The fourth-order valence-corrected chi connectivity index (χ4v) is 2.18. The summed E-state index contributed by atoms with van der Waals surface area (Å²) in [5.74, 6) is -0.0235. The van der Waals surface area contributed by atoms with Crippen LogP contribution in [-0.2, 0) is 15.6 Å². The molecule has 0 aromatic heterocycles. The summed E-state index contributed by atoms with van der Waals surface area (Å²) in [5.41, 5.74) is 0.745. The highest BCUT2D eigenvalue weighted by Gasteiger charge is 2.06. The number of sulfone groups is 1. The lowest BCUT2D eigenvalue weighted by molar-refractivity contribution is 0.343. The predicted molar refractivity (Wildman–Crippen MR) is 55.3 cm³/mol. The van der Waals surface area contributed by atoms with Gasteiger partial charge in [0.25, 0.3) is 0 Å². The van der Waals surface area contributed by atoms with E-state index in [0.29, 0.717) is 0 Å². The Balaban J connectivity index is 2.74. The molecule has 0 amide bonds. The number of hydrogen-bond donors (Lipinski definition) is 1. The normalized spacial score (nSPS) is 12.1. The molecule has 76 valence electrons. The summed E-state index contributed by atoms with van der Waals surface area (Å²) in [5, 5.41) is 9.49. The van der Waals surface area contributed by atoms with E-state index in [2.05, 4.69) is 0 Å². The van der Waals surface area contributed by atoms with Gasteiger partial charge in [-0.1, -0.05) is 30.3 Å². The molecule has 0 atom stereocenters. The molecule has 1 aromatic rings. The van der Waals surface area contributed by atoms with Crippen molar-refractivity contribution >= 4 is 9.84 Å². The van der Waals surface area contributed by atoms with Gasteiger partial charge in [-0.25, -0.2) is 8.42 Å². The summed E-state index contributed by atoms with van der Waals surface area (Å²) in [6.45, 7) is -0.256. The fraction of sp³-hybridized carbons (Fsp3) is 0.200. The molecule has 0 aliphatic rings. The Morgan fingerprint density at radius 2 is 1.86 bits per heavy atom. The lowest BCUT2D eigenvalue weighted by atomic mass is 10.2. The molecule has 1 N–H and O–H groups in total. The van der Waals surface area contributed by atoms with E-state index in [-0.39, 0.29) is 12.4 Å². The van der Waals surface area contributed by atoms with Crippen molar-refractivity contribution in [3.63, 3.8) is 0 Å². The summed E-state index contributed by atoms with van der Waals surface area (Å²) >= 11 is 0. The van der Waals surface area contributed by atoms with Gasteiger partial charge in [0.2, 0.25) is 0 Å². The zero-order valence-electron chi connectivity index (χ0n) is 7.63. The summed E-state index contributed by atoms with van der Waals surface area (Å²) in [4.78, 5) is 0. The topological polar surface area (TPSA) is 54.4 Å². The van der Waals surface area contributed by atoms with Gasteiger partial charge in [0.05, 0.1) is 12.4 Å². The average molecular weight is 212 g/mol. The molecule has 0 aliphatic heterocycles. The Morgan fingerprint density at radius 1 is 1.21 bits per heavy atom. The molecule has 0 bridgehead atoms. The largest absolute Gasteiger partial charge is 0.392 e. The van der Waals surface area contributed by atoms with Crippen LogP contribution in [0.2, 0.25) is 0 Å². The number of benzene rings is 1. The number of aliphatic hydroxyl groups is 1. The van der Waals surface area contributed by atoms with E-state index in [1.54, 1.807) is 24.3 Å². The summed E-state index contributed by atoms with van der Waals surface area (Å²) in [6.07, 6.45) is 1.22. The standard InChI is InChI=1S/C10H12O3S/c11-7-4-8-14(12,13)9-10-5-2-1-3-6-10/h1-6,8,11H,7,9H2/b8-4+. The van der Waals surface area contributed by atoms with Crippen LogP contribution in [0.25, 0.3) is 0 Å². The van der Waals surface area contributed by atoms with Crippen molar-refractivity contribution in [1.29, 1.82) is 0 Å². The molecule has 14 heavy (non-hydrogen) atoms. The van der Waals surface area contributed by atoms with Gasteiger partial charge in [0, 0.05) is 5.41 Å². The van der Waals surface area contributed by atoms with Crippen molar-refractivity contribution < 1.29 is 13.5 Å². The molecule has 0 spiro atoms. The van der Waals surface area contributed by atoms with Crippen LogP contribution >= 0.6 is 0 Å². The monoisotopic (exact) mass is 212 g/mol. The highest BCUT2D eigenvalue weighted by atomic mass is 32.2. The van der Waals surface area contributed by atoms with Gasteiger partial charge in [0.15, 0.2) is 9.84 Å². The van der Waals surface area contributed by atoms with Crippen molar-refractivity contribution in [3.8, 4) is 0 Å². The second kappa shape index (κ2) is 4.93. The Hall–Kier alpha value is -1.13. The SMILES string of the molecule is O=S(=O)(/C=C/CO)Cc1ccccc1. The molecule has 0 fully saturated rings. The first-order chi connectivity index (χ1) is 6.64. The van der Waals surface area contributed by atoms with Gasteiger partial charge in [-0.2, -0.15) is 0 Å². The van der Waals surface area contributed by atoms with Crippen LogP contribution in [0.1, 0.15) is 5.56 Å². The Morgan fingerprint density at radius 3 is 2.43 bits per heavy atom. The Labute approximate surface area is 83.6 Å². The van der Waals surface area contributed by atoms with Crippen molar-refractivity contribution in [1.82, 2.24) is 0 Å². The Bertz CT molecular complexity index is 393. The minimum atomic E-state index is -3.24. The lowest BCUT2D eigenvalue weighted by Gasteiger charge is -1.98. The molecule has 0 radical (unpaired) electrons. The quantitative estimate of drug-likeness (QED) is 0.813. The van der Waals surface area contributed by atoms with Crippen LogP contribution in [0.5, 0.6) is 0 Å². The first-order valence-electron chi connectivity index (χ1n) is 4.18. The highest BCUT2D eigenvalue weighted by molar-refractivity contribution is 7.93. The van der Waals surface area contributed by atoms with Crippen molar-refractivity contribution in [2.45, 2.75) is 5.75 Å². The van der Waals surface area contributed by atoms with Crippen molar-refractivity contribution in [2.75, 3.05) is 6.61 Å². The Kier molecular flexibility index (Phi) is 3.85. The van der Waals surface area contributed by atoms with Gasteiger partial charge >= 0.3 is 0 Å². The van der Waals surface area contributed by atoms with Crippen LogP contribution < -0.4 is 0 Å². The molecule has 0 saturated heterocycles.